The molecule has 1 N–H and O–H groups in total. The van der Waals surface area contributed by atoms with E-state index < -0.39 is 6.04 Å². The zero-order valence-electron chi connectivity index (χ0n) is 17.6. The van der Waals surface area contributed by atoms with Gasteiger partial charge in [-0.15, -0.1) is 0 Å². The number of benzene rings is 3. The number of hydrogen-bond donors (Lipinski definition) is 1. The first-order valence-corrected chi connectivity index (χ1v) is 11.2. The molecule has 2 amide bonds. The van der Waals surface area contributed by atoms with Gasteiger partial charge in [-0.1, -0.05) is 88.7 Å². The van der Waals surface area contributed by atoms with Crippen LogP contribution in [0.4, 0.5) is 0 Å². The molecule has 5 heteroatoms. The van der Waals surface area contributed by atoms with Crippen LogP contribution in [0.3, 0.4) is 0 Å². The third-order valence-corrected chi connectivity index (χ3v) is 5.78. The van der Waals surface area contributed by atoms with Crippen molar-refractivity contribution in [3.8, 4) is 0 Å². The summed E-state index contributed by atoms with van der Waals surface area (Å²) < 4.78 is 0.977. The predicted molar refractivity (Wildman–Crippen MR) is 127 cm³/mol. The fraction of sp³-hybridized carbons (Fsp3) is 0.231. The Labute approximate surface area is 192 Å². The molecular weight excluding hydrogens is 452 g/mol. The molecule has 0 aliphatic heterocycles. The molecule has 3 aromatic rings. The van der Waals surface area contributed by atoms with Crippen molar-refractivity contribution in [2.45, 2.75) is 31.8 Å². The minimum atomic E-state index is -0.584. The highest BCUT2D eigenvalue weighted by Gasteiger charge is 2.29. The number of nitrogens with zero attached hydrogens (tertiary/aromatic N) is 1. The number of carbonyl (C=O) groups is 2. The molecule has 0 bridgehead atoms. The standard InChI is InChI=1S/C26H27BrN2O2/c1-28-26(31)24(18-21-10-6-3-7-11-21)29(19-22-12-15-23(27)16-13-22)25(30)17-14-20-8-4-2-5-9-20/h2-13,15-16,24H,14,17-19H2,1H3,(H,28,31)/t24-/m0/s1. The van der Waals surface area contributed by atoms with Crippen LogP contribution in [0, 0.1) is 0 Å². The summed E-state index contributed by atoms with van der Waals surface area (Å²) in [7, 11) is 1.62. The van der Waals surface area contributed by atoms with Crippen LogP contribution in [0.5, 0.6) is 0 Å². The molecule has 0 saturated carbocycles. The summed E-state index contributed by atoms with van der Waals surface area (Å²) in [6, 6.07) is 27.1. The Morgan fingerprint density at radius 3 is 2.00 bits per heavy atom. The average molecular weight is 479 g/mol. The molecule has 31 heavy (non-hydrogen) atoms. The first kappa shape index (κ1) is 22.8. The van der Waals surface area contributed by atoms with Crippen LogP contribution in [0.15, 0.2) is 89.4 Å². The van der Waals surface area contributed by atoms with Crippen molar-refractivity contribution in [3.63, 3.8) is 0 Å². The number of halogens is 1. The van der Waals surface area contributed by atoms with Gasteiger partial charge >= 0.3 is 0 Å². The van der Waals surface area contributed by atoms with Gasteiger partial charge in [0.2, 0.25) is 11.8 Å². The Morgan fingerprint density at radius 2 is 1.42 bits per heavy atom. The van der Waals surface area contributed by atoms with Gasteiger partial charge in [-0.3, -0.25) is 9.59 Å². The van der Waals surface area contributed by atoms with Crippen molar-refractivity contribution in [2.24, 2.45) is 0 Å². The zero-order valence-corrected chi connectivity index (χ0v) is 19.2. The van der Waals surface area contributed by atoms with E-state index >= 15 is 0 Å². The summed E-state index contributed by atoms with van der Waals surface area (Å²) in [5, 5.41) is 2.75. The maximum atomic E-state index is 13.4. The lowest BCUT2D eigenvalue weighted by molar-refractivity contribution is -0.141. The summed E-state index contributed by atoms with van der Waals surface area (Å²) in [5.74, 6) is -0.190. The lowest BCUT2D eigenvalue weighted by Crippen LogP contribution is -2.49. The Morgan fingerprint density at radius 1 is 0.839 bits per heavy atom. The van der Waals surface area contributed by atoms with Gasteiger partial charge in [-0.2, -0.15) is 0 Å². The lowest BCUT2D eigenvalue weighted by Gasteiger charge is -2.31. The van der Waals surface area contributed by atoms with Crippen LogP contribution in [0.1, 0.15) is 23.1 Å². The van der Waals surface area contributed by atoms with E-state index in [0.717, 1.165) is 21.2 Å². The van der Waals surface area contributed by atoms with Gasteiger partial charge in [0.25, 0.3) is 0 Å². The molecule has 0 radical (unpaired) electrons. The van der Waals surface area contributed by atoms with Gasteiger partial charge in [0.05, 0.1) is 0 Å². The maximum absolute atomic E-state index is 13.4. The van der Waals surface area contributed by atoms with Crippen LogP contribution >= 0.6 is 15.9 Å². The van der Waals surface area contributed by atoms with E-state index in [0.29, 0.717) is 25.8 Å². The lowest BCUT2D eigenvalue weighted by atomic mass is 10.0. The van der Waals surface area contributed by atoms with E-state index in [1.54, 1.807) is 11.9 Å². The third-order valence-electron chi connectivity index (χ3n) is 5.25. The quantitative estimate of drug-likeness (QED) is 0.481. The van der Waals surface area contributed by atoms with Gasteiger partial charge in [-0.05, 0) is 35.2 Å². The summed E-state index contributed by atoms with van der Waals surface area (Å²) in [5.41, 5.74) is 3.12. The SMILES string of the molecule is CNC(=O)[C@H](Cc1ccccc1)N(Cc1ccc(Br)cc1)C(=O)CCc1ccccc1. The Kier molecular flexibility index (Phi) is 8.42. The maximum Gasteiger partial charge on any atom is 0.242 e. The highest BCUT2D eigenvalue weighted by atomic mass is 79.9. The van der Waals surface area contributed by atoms with E-state index in [1.807, 2.05) is 84.9 Å². The molecule has 0 aliphatic carbocycles. The molecule has 3 aromatic carbocycles. The molecule has 0 aliphatic rings. The van der Waals surface area contributed by atoms with Gasteiger partial charge in [0.1, 0.15) is 6.04 Å². The number of aryl methyl sites for hydroxylation is 1. The molecule has 0 aromatic heterocycles. The van der Waals surface area contributed by atoms with E-state index in [2.05, 4.69) is 21.2 Å². The Hall–Kier alpha value is -2.92. The van der Waals surface area contributed by atoms with E-state index in [4.69, 9.17) is 0 Å². The summed E-state index contributed by atoms with van der Waals surface area (Å²) in [4.78, 5) is 28.0. The molecule has 0 spiro atoms. The van der Waals surface area contributed by atoms with Crippen molar-refractivity contribution in [1.29, 1.82) is 0 Å². The van der Waals surface area contributed by atoms with Gasteiger partial charge in [-0.25, -0.2) is 0 Å². The van der Waals surface area contributed by atoms with Crippen molar-refractivity contribution in [2.75, 3.05) is 7.05 Å². The number of hydrogen-bond acceptors (Lipinski definition) is 2. The summed E-state index contributed by atoms with van der Waals surface area (Å²) >= 11 is 3.45. The monoisotopic (exact) mass is 478 g/mol. The number of likely N-dealkylation sites (N-methyl/N-ethyl adjacent to an activating group) is 1. The van der Waals surface area contributed by atoms with Crippen LogP contribution < -0.4 is 5.32 Å². The van der Waals surface area contributed by atoms with Crippen molar-refractivity contribution >= 4 is 27.7 Å². The van der Waals surface area contributed by atoms with Crippen molar-refractivity contribution < 1.29 is 9.59 Å². The predicted octanol–water partition coefficient (Wildman–Crippen LogP) is 4.77. The number of nitrogens with one attached hydrogen (secondary N) is 1. The normalized spacial score (nSPS) is 11.5. The molecule has 0 fully saturated rings. The van der Waals surface area contributed by atoms with Gasteiger partial charge in [0, 0.05) is 30.9 Å². The van der Waals surface area contributed by atoms with Crippen molar-refractivity contribution in [3.05, 3.63) is 106 Å². The van der Waals surface area contributed by atoms with E-state index in [-0.39, 0.29) is 11.8 Å². The Balaban J connectivity index is 1.86. The second kappa shape index (κ2) is 11.5. The second-order valence-electron chi connectivity index (χ2n) is 7.45. The minimum Gasteiger partial charge on any atom is -0.357 e. The number of amides is 2. The Bertz CT molecular complexity index is 975. The van der Waals surface area contributed by atoms with Crippen LogP contribution in [0.2, 0.25) is 0 Å². The van der Waals surface area contributed by atoms with E-state index in [9.17, 15) is 9.59 Å². The highest BCUT2D eigenvalue weighted by Crippen LogP contribution is 2.18. The number of carbonyl (C=O) groups excluding carboxylic acids is 2. The largest absolute Gasteiger partial charge is 0.357 e. The molecule has 1 atom stereocenters. The number of rotatable bonds is 9. The summed E-state index contributed by atoms with van der Waals surface area (Å²) in [6.07, 6.45) is 1.46. The summed E-state index contributed by atoms with van der Waals surface area (Å²) in [6.45, 7) is 0.381. The molecule has 0 heterocycles. The first-order chi connectivity index (χ1) is 15.1. The fourth-order valence-electron chi connectivity index (χ4n) is 3.55. The molecule has 0 saturated heterocycles. The van der Waals surface area contributed by atoms with Crippen LogP contribution in [-0.4, -0.2) is 29.8 Å². The molecule has 4 nitrogen and oxygen atoms in total. The fourth-order valence-corrected chi connectivity index (χ4v) is 3.81. The average Bonchev–Trinajstić information content (AvgIpc) is 2.81. The zero-order chi connectivity index (χ0) is 22.1. The minimum absolute atomic E-state index is 0.0312. The topological polar surface area (TPSA) is 49.4 Å². The molecule has 160 valence electrons. The third kappa shape index (κ3) is 6.79. The highest BCUT2D eigenvalue weighted by molar-refractivity contribution is 9.10. The molecule has 0 unspecified atom stereocenters. The van der Waals surface area contributed by atoms with Crippen LogP contribution in [-0.2, 0) is 29.0 Å². The smallest absolute Gasteiger partial charge is 0.242 e. The van der Waals surface area contributed by atoms with Crippen LogP contribution in [0.25, 0.3) is 0 Å². The van der Waals surface area contributed by atoms with Crippen molar-refractivity contribution in [1.82, 2.24) is 10.2 Å². The molecular formula is C26H27BrN2O2. The van der Waals surface area contributed by atoms with Gasteiger partial charge < -0.3 is 10.2 Å². The molecule has 3 rings (SSSR count). The van der Waals surface area contributed by atoms with Gasteiger partial charge in [0.15, 0.2) is 0 Å². The van der Waals surface area contributed by atoms with E-state index in [1.165, 1.54) is 0 Å². The second-order valence-corrected chi connectivity index (χ2v) is 8.37. The first-order valence-electron chi connectivity index (χ1n) is 10.4.